The van der Waals surface area contributed by atoms with Gasteiger partial charge in [0.25, 0.3) is 0 Å². The van der Waals surface area contributed by atoms with Gasteiger partial charge in [0.1, 0.15) is 0 Å². The van der Waals surface area contributed by atoms with E-state index in [4.69, 9.17) is 4.74 Å². The summed E-state index contributed by atoms with van der Waals surface area (Å²) in [5.74, 6) is -1.72. The number of ether oxygens (including phenoxy) is 1. The Balaban J connectivity index is 1.80. The first-order valence-corrected chi connectivity index (χ1v) is 10.5. The third-order valence-corrected chi connectivity index (χ3v) is 6.42. The normalized spacial score (nSPS) is 19.2. The summed E-state index contributed by atoms with van der Waals surface area (Å²) in [5.41, 5.74) is 0.454. The fraction of sp³-hybridized carbons (Fsp3) is 0.500. The van der Waals surface area contributed by atoms with Crippen LogP contribution in [0.5, 0.6) is 0 Å². The Hall–Kier alpha value is -2.30. The maximum Gasteiger partial charge on any atom is 0.334 e. The summed E-state index contributed by atoms with van der Waals surface area (Å²) >= 11 is 0. The summed E-state index contributed by atoms with van der Waals surface area (Å²) in [7, 11) is -3.70. The van der Waals surface area contributed by atoms with Gasteiger partial charge >= 0.3 is 17.8 Å². The van der Waals surface area contributed by atoms with Crippen LogP contribution in [0.25, 0.3) is 0 Å². The molecule has 9 nitrogen and oxygen atoms in total. The van der Waals surface area contributed by atoms with Gasteiger partial charge in [0.15, 0.2) is 0 Å². The van der Waals surface area contributed by atoms with Crippen molar-refractivity contribution in [3.05, 3.63) is 29.8 Å². The minimum absolute atomic E-state index is 0.0302. The molecule has 1 aromatic rings. The third-order valence-electron chi connectivity index (χ3n) is 4.53. The van der Waals surface area contributed by atoms with Gasteiger partial charge in [-0.2, -0.15) is 4.31 Å². The van der Waals surface area contributed by atoms with E-state index in [2.05, 4.69) is 0 Å². The second-order valence-electron chi connectivity index (χ2n) is 7.15. The van der Waals surface area contributed by atoms with Crippen LogP contribution in [-0.2, 0) is 30.9 Å². The first-order valence-electron chi connectivity index (χ1n) is 9.06. The van der Waals surface area contributed by atoms with Crippen LogP contribution >= 0.6 is 0 Å². The SMILES string of the molecule is CC(C)CN1C(=O)C(=O)N(Cc2cccc(S(=O)(=O)N3CCOCC3)c2)C1=O. The summed E-state index contributed by atoms with van der Waals surface area (Å²) in [6.45, 7) is 4.90. The Morgan fingerprint density at radius 1 is 1.04 bits per heavy atom. The standard InChI is InChI=1S/C18H23N3O6S/c1-13(2)11-20-16(22)17(23)21(18(20)24)12-14-4-3-5-15(10-14)28(25,26)19-6-8-27-9-7-19/h3-5,10,13H,6-9,11-12H2,1-2H3. The number of amides is 4. The van der Waals surface area contributed by atoms with E-state index in [1.54, 1.807) is 12.1 Å². The largest absolute Gasteiger partial charge is 0.379 e. The number of carbonyl (C=O) groups is 3. The molecule has 2 aliphatic heterocycles. The molecule has 1 aromatic carbocycles. The molecule has 0 bridgehead atoms. The number of morpholine rings is 1. The molecule has 28 heavy (non-hydrogen) atoms. The van der Waals surface area contributed by atoms with Crippen molar-refractivity contribution in [3.8, 4) is 0 Å². The molecule has 0 aliphatic carbocycles. The van der Waals surface area contributed by atoms with Crippen molar-refractivity contribution < 1.29 is 27.5 Å². The second-order valence-corrected chi connectivity index (χ2v) is 9.09. The van der Waals surface area contributed by atoms with E-state index < -0.39 is 27.9 Å². The lowest BCUT2D eigenvalue weighted by atomic mass is 10.2. The van der Waals surface area contributed by atoms with Gasteiger partial charge in [-0.05, 0) is 23.6 Å². The van der Waals surface area contributed by atoms with Crippen LogP contribution in [-0.4, -0.2) is 73.2 Å². The maximum absolute atomic E-state index is 12.8. The predicted molar refractivity (Wildman–Crippen MR) is 98.5 cm³/mol. The van der Waals surface area contributed by atoms with Crippen LogP contribution in [0.2, 0.25) is 0 Å². The molecule has 0 spiro atoms. The lowest BCUT2D eigenvalue weighted by Gasteiger charge is -2.26. The number of rotatable bonds is 6. The Kier molecular flexibility index (Phi) is 5.82. The van der Waals surface area contributed by atoms with Crippen molar-refractivity contribution in [3.63, 3.8) is 0 Å². The predicted octanol–water partition coefficient (Wildman–Crippen LogP) is 0.654. The monoisotopic (exact) mass is 409 g/mol. The summed E-state index contributed by atoms with van der Waals surface area (Å²) in [6.07, 6.45) is 0. The summed E-state index contributed by atoms with van der Waals surface area (Å²) in [6, 6.07) is 5.40. The van der Waals surface area contributed by atoms with E-state index in [0.29, 0.717) is 18.8 Å². The lowest BCUT2D eigenvalue weighted by molar-refractivity contribution is -0.143. The first kappa shape index (κ1) is 20.4. The molecule has 0 unspecified atom stereocenters. The van der Waals surface area contributed by atoms with Gasteiger partial charge in [-0.15, -0.1) is 0 Å². The molecule has 4 amide bonds. The van der Waals surface area contributed by atoms with Gasteiger partial charge in [-0.25, -0.2) is 13.2 Å². The van der Waals surface area contributed by atoms with E-state index in [9.17, 15) is 22.8 Å². The number of benzene rings is 1. The van der Waals surface area contributed by atoms with E-state index in [1.807, 2.05) is 13.8 Å². The maximum atomic E-state index is 12.8. The van der Waals surface area contributed by atoms with Gasteiger partial charge in [-0.1, -0.05) is 26.0 Å². The van der Waals surface area contributed by atoms with Crippen LogP contribution in [0.3, 0.4) is 0 Å². The second kappa shape index (κ2) is 7.98. The Labute approximate surface area is 163 Å². The topological polar surface area (TPSA) is 104 Å². The highest BCUT2D eigenvalue weighted by Gasteiger charge is 2.44. The molecule has 2 fully saturated rings. The fourth-order valence-corrected chi connectivity index (χ4v) is 4.62. The van der Waals surface area contributed by atoms with E-state index in [0.717, 1.165) is 9.80 Å². The molecule has 0 saturated carbocycles. The summed E-state index contributed by atoms with van der Waals surface area (Å²) < 4.78 is 32.1. The number of carbonyl (C=O) groups excluding carboxylic acids is 3. The zero-order valence-corrected chi connectivity index (χ0v) is 16.6. The molecule has 0 aromatic heterocycles. The van der Waals surface area contributed by atoms with Crippen molar-refractivity contribution in [2.75, 3.05) is 32.8 Å². The molecule has 2 heterocycles. The van der Waals surface area contributed by atoms with Crippen LogP contribution < -0.4 is 0 Å². The molecule has 0 atom stereocenters. The van der Waals surface area contributed by atoms with Gasteiger partial charge in [0.05, 0.1) is 24.7 Å². The van der Waals surface area contributed by atoms with Crippen LogP contribution in [0, 0.1) is 5.92 Å². The minimum Gasteiger partial charge on any atom is -0.379 e. The third kappa shape index (κ3) is 3.94. The van der Waals surface area contributed by atoms with Gasteiger partial charge in [0, 0.05) is 19.6 Å². The average Bonchev–Trinajstić information content (AvgIpc) is 2.87. The molecule has 2 aliphatic rings. The number of hydrogen-bond acceptors (Lipinski definition) is 6. The Bertz CT molecular complexity index is 892. The number of hydrogen-bond donors (Lipinski definition) is 0. The zero-order valence-electron chi connectivity index (χ0n) is 15.8. The molecular weight excluding hydrogens is 386 g/mol. The van der Waals surface area contributed by atoms with Gasteiger partial charge < -0.3 is 4.74 Å². The smallest absolute Gasteiger partial charge is 0.334 e. The quantitative estimate of drug-likeness (QED) is 0.505. The van der Waals surface area contributed by atoms with E-state index in [-0.39, 0.29) is 37.0 Å². The molecular formula is C18H23N3O6S. The highest BCUT2D eigenvalue weighted by molar-refractivity contribution is 7.89. The minimum atomic E-state index is -3.70. The van der Waals surface area contributed by atoms with Crippen molar-refractivity contribution in [1.29, 1.82) is 0 Å². The number of imide groups is 2. The fourth-order valence-electron chi connectivity index (χ4n) is 3.14. The van der Waals surface area contributed by atoms with E-state index >= 15 is 0 Å². The highest BCUT2D eigenvalue weighted by Crippen LogP contribution is 2.21. The lowest BCUT2D eigenvalue weighted by Crippen LogP contribution is -2.40. The Morgan fingerprint density at radius 3 is 2.32 bits per heavy atom. The molecule has 10 heteroatoms. The van der Waals surface area contributed by atoms with E-state index in [1.165, 1.54) is 16.4 Å². The summed E-state index contributed by atoms with van der Waals surface area (Å²) in [5, 5.41) is 0. The molecule has 0 N–H and O–H groups in total. The molecule has 3 rings (SSSR count). The zero-order chi connectivity index (χ0) is 20.5. The number of nitrogens with zero attached hydrogens (tertiary/aromatic N) is 3. The number of urea groups is 1. The van der Waals surface area contributed by atoms with Crippen molar-refractivity contribution in [1.82, 2.24) is 14.1 Å². The number of sulfonamides is 1. The molecule has 0 radical (unpaired) electrons. The van der Waals surface area contributed by atoms with Crippen molar-refractivity contribution in [2.45, 2.75) is 25.3 Å². The van der Waals surface area contributed by atoms with Crippen molar-refractivity contribution in [2.24, 2.45) is 5.92 Å². The molecule has 2 saturated heterocycles. The van der Waals surface area contributed by atoms with Crippen LogP contribution in [0.1, 0.15) is 19.4 Å². The Morgan fingerprint density at radius 2 is 1.68 bits per heavy atom. The summed E-state index contributed by atoms with van der Waals surface area (Å²) in [4.78, 5) is 38.6. The van der Waals surface area contributed by atoms with Crippen molar-refractivity contribution >= 4 is 27.9 Å². The average molecular weight is 409 g/mol. The van der Waals surface area contributed by atoms with Gasteiger partial charge in [-0.3, -0.25) is 19.4 Å². The highest BCUT2D eigenvalue weighted by atomic mass is 32.2. The first-order chi connectivity index (χ1) is 13.2. The van der Waals surface area contributed by atoms with Crippen LogP contribution in [0.4, 0.5) is 4.79 Å². The van der Waals surface area contributed by atoms with Gasteiger partial charge in [0.2, 0.25) is 10.0 Å². The molecule has 152 valence electrons. The van der Waals surface area contributed by atoms with Crippen LogP contribution in [0.15, 0.2) is 29.2 Å².